The molecule has 0 unspecified atom stereocenters. The molecule has 1 aromatic carbocycles. The fourth-order valence-corrected chi connectivity index (χ4v) is 2.02. The van der Waals surface area contributed by atoms with Crippen molar-refractivity contribution >= 4 is 42.4 Å². The summed E-state index contributed by atoms with van der Waals surface area (Å²) < 4.78 is 37.3. The van der Waals surface area contributed by atoms with Crippen molar-refractivity contribution in [3.05, 3.63) is 29.8 Å². The van der Waals surface area contributed by atoms with Gasteiger partial charge in [0.25, 0.3) is 0 Å². The van der Waals surface area contributed by atoms with Crippen LogP contribution in [0.2, 0.25) is 0 Å². The number of aliphatic imine (C=N–C) groups is 2. The van der Waals surface area contributed by atoms with Crippen LogP contribution in [0.1, 0.15) is 18.4 Å². The minimum atomic E-state index is -4.37. The van der Waals surface area contributed by atoms with E-state index < -0.39 is 11.7 Å². The van der Waals surface area contributed by atoms with Crippen LogP contribution in [0.25, 0.3) is 0 Å². The number of hydrogen-bond acceptors (Lipinski definition) is 1. The largest absolute Gasteiger partial charge is 0.416 e. The van der Waals surface area contributed by atoms with E-state index in [9.17, 15) is 13.2 Å². The first-order chi connectivity index (χ1) is 9.86. The molecule has 1 aliphatic rings. The van der Waals surface area contributed by atoms with Crippen LogP contribution in [0, 0.1) is 0 Å². The summed E-state index contributed by atoms with van der Waals surface area (Å²) in [5, 5.41) is 0. The van der Waals surface area contributed by atoms with Gasteiger partial charge in [0.05, 0.1) is 11.3 Å². The van der Waals surface area contributed by atoms with Crippen LogP contribution in [0.3, 0.4) is 0 Å². The van der Waals surface area contributed by atoms with Gasteiger partial charge in [0.1, 0.15) is 0 Å². The molecule has 2 rings (SSSR count). The molecule has 1 fully saturated rings. The van der Waals surface area contributed by atoms with Crippen molar-refractivity contribution in [2.24, 2.45) is 21.5 Å². The molecular formula is C13H18Cl2F3N5. The summed E-state index contributed by atoms with van der Waals surface area (Å²) >= 11 is 0. The van der Waals surface area contributed by atoms with Gasteiger partial charge in [-0.2, -0.15) is 18.2 Å². The van der Waals surface area contributed by atoms with Crippen molar-refractivity contribution in [2.45, 2.75) is 19.0 Å². The van der Waals surface area contributed by atoms with Crippen LogP contribution in [-0.2, 0) is 6.18 Å². The number of nitrogens with two attached hydrogens (primary N) is 2. The monoisotopic (exact) mass is 371 g/mol. The maximum Gasteiger partial charge on any atom is 0.416 e. The molecular weight excluding hydrogens is 354 g/mol. The SMILES string of the molecule is Cl.Cl.NC(=Nc1ccc(C(F)(F)F)cc1)/N=C(/N)N1CCCC1. The normalized spacial score (nSPS) is 15.9. The third-order valence-corrected chi connectivity index (χ3v) is 3.10. The maximum atomic E-state index is 12.4. The summed E-state index contributed by atoms with van der Waals surface area (Å²) in [6, 6.07) is 4.35. The van der Waals surface area contributed by atoms with Crippen LogP contribution in [0.5, 0.6) is 0 Å². The Hall–Kier alpha value is -1.67. The van der Waals surface area contributed by atoms with Gasteiger partial charge in [0, 0.05) is 13.1 Å². The minimum Gasteiger partial charge on any atom is -0.369 e. The molecule has 1 heterocycles. The Bertz CT molecular complexity index is 552. The predicted octanol–water partition coefficient (Wildman–Crippen LogP) is 2.91. The Morgan fingerprint density at radius 3 is 2.00 bits per heavy atom. The number of hydrogen-bond donors (Lipinski definition) is 2. The summed E-state index contributed by atoms with van der Waals surface area (Å²) in [4.78, 5) is 9.76. The standard InChI is InChI=1S/C13H16F3N5.2ClH/c14-13(15,16)9-3-5-10(6-4-9)19-11(17)20-12(18)21-7-1-2-8-21;;/h3-6H,1-2,7-8H2,(H4,17,18,19,20);2*1H. The first kappa shape index (κ1) is 21.3. The van der Waals surface area contributed by atoms with Gasteiger partial charge in [0.2, 0.25) is 5.96 Å². The van der Waals surface area contributed by atoms with Crippen LogP contribution in [0.15, 0.2) is 34.3 Å². The van der Waals surface area contributed by atoms with E-state index in [2.05, 4.69) is 9.98 Å². The molecule has 0 bridgehead atoms. The fourth-order valence-electron chi connectivity index (χ4n) is 2.02. The topological polar surface area (TPSA) is 80.0 Å². The van der Waals surface area contributed by atoms with Crippen molar-refractivity contribution in [1.82, 2.24) is 4.90 Å². The zero-order chi connectivity index (χ0) is 15.5. The molecule has 5 nitrogen and oxygen atoms in total. The highest BCUT2D eigenvalue weighted by Crippen LogP contribution is 2.30. The number of nitrogens with zero attached hydrogens (tertiary/aromatic N) is 3. The molecule has 0 spiro atoms. The van der Waals surface area contributed by atoms with E-state index in [0.717, 1.165) is 38.1 Å². The second kappa shape index (κ2) is 8.83. The molecule has 1 aromatic rings. The van der Waals surface area contributed by atoms with Crippen molar-refractivity contribution in [3.63, 3.8) is 0 Å². The molecule has 0 amide bonds. The van der Waals surface area contributed by atoms with Gasteiger partial charge in [-0.05, 0) is 37.1 Å². The molecule has 1 aliphatic heterocycles. The van der Waals surface area contributed by atoms with Crippen LogP contribution >= 0.6 is 24.8 Å². The summed E-state index contributed by atoms with van der Waals surface area (Å²) in [6.45, 7) is 1.64. The zero-order valence-electron chi connectivity index (χ0n) is 12.1. The lowest BCUT2D eigenvalue weighted by atomic mass is 10.2. The maximum absolute atomic E-state index is 12.4. The lowest BCUT2D eigenvalue weighted by molar-refractivity contribution is -0.137. The lowest BCUT2D eigenvalue weighted by Gasteiger charge is -2.15. The van der Waals surface area contributed by atoms with Crippen LogP contribution in [0.4, 0.5) is 18.9 Å². The summed E-state index contributed by atoms with van der Waals surface area (Å²) in [5.74, 6) is 0.194. The molecule has 10 heteroatoms. The fraction of sp³-hybridized carbons (Fsp3) is 0.385. The molecule has 23 heavy (non-hydrogen) atoms. The van der Waals surface area contributed by atoms with Gasteiger partial charge in [-0.1, -0.05) is 0 Å². The van der Waals surface area contributed by atoms with E-state index in [0.29, 0.717) is 5.69 Å². The Kier molecular flexibility index (Phi) is 8.19. The van der Waals surface area contributed by atoms with Gasteiger partial charge in [-0.3, -0.25) is 0 Å². The van der Waals surface area contributed by atoms with E-state index in [1.807, 2.05) is 4.90 Å². The van der Waals surface area contributed by atoms with Crippen molar-refractivity contribution in [1.29, 1.82) is 0 Å². The van der Waals surface area contributed by atoms with Crippen molar-refractivity contribution in [3.8, 4) is 0 Å². The number of alkyl halides is 3. The number of halogens is 5. The molecule has 4 N–H and O–H groups in total. The smallest absolute Gasteiger partial charge is 0.369 e. The highest BCUT2D eigenvalue weighted by molar-refractivity contribution is 5.94. The third-order valence-electron chi connectivity index (χ3n) is 3.10. The summed E-state index contributed by atoms with van der Waals surface area (Å²) in [6.07, 6.45) is -2.27. The predicted molar refractivity (Wildman–Crippen MR) is 89.7 cm³/mol. The quantitative estimate of drug-likeness (QED) is 0.588. The van der Waals surface area contributed by atoms with Gasteiger partial charge < -0.3 is 16.4 Å². The number of rotatable bonds is 1. The van der Waals surface area contributed by atoms with Gasteiger partial charge in [-0.15, -0.1) is 24.8 Å². The second-order valence-electron chi connectivity index (χ2n) is 4.68. The first-order valence-electron chi connectivity index (χ1n) is 6.47. The highest BCUT2D eigenvalue weighted by Gasteiger charge is 2.29. The molecule has 0 radical (unpaired) electrons. The Balaban J connectivity index is 0.00000242. The molecule has 0 saturated carbocycles. The number of guanidine groups is 2. The van der Waals surface area contributed by atoms with E-state index in [1.54, 1.807) is 0 Å². The number of likely N-dealkylation sites (tertiary alicyclic amines) is 1. The van der Waals surface area contributed by atoms with E-state index in [-0.39, 0.29) is 36.7 Å². The Labute approximate surface area is 144 Å². The Morgan fingerprint density at radius 1 is 1.00 bits per heavy atom. The van der Waals surface area contributed by atoms with E-state index in [4.69, 9.17) is 11.5 Å². The average molecular weight is 372 g/mol. The minimum absolute atomic E-state index is 0. The van der Waals surface area contributed by atoms with Crippen molar-refractivity contribution < 1.29 is 13.2 Å². The highest BCUT2D eigenvalue weighted by atomic mass is 35.5. The van der Waals surface area contributed by atoms with Crippen LogP contribution in [-0.4, -0.2) is 29.9 Å². The summed E-state index contributed by atoms with van der Waals surface area (Å²) in [5.41, 5.74) is 11.0. The second-order valence-corrected chi connectivity index (χ2v) is 4.68. The van der Waals surface area contributed by atoms with Crippen molar-refractivity contribution in [2.75, 3.05) is 13.1 Å². The number of benzene rings is 1. The van der Waals surface area contributed by atoms with Gasteiger partial charge in [0.15, 0.2) is 5.96 Å². The first-order valence-corrected chi connectivity index (χ1v) is 6.47. The molecule has 0 aliphatic carbocycles. The zero-order valence-corrected chi connectivity index (χ0v) is 13.7. The molecule has 1 saturated heterocycles. The van der Waals surface area contributed by atoms with E-state index >= 15 is 0 Å². The van der Waals surface area contributed by atoms with E-state index in [1.165, 1.54) is 12.1 Å². The molecule has 130 valence electrons. The van der Waals surface area contributed by atoms with Gasteiger partial charge in [-0.25, -0.2) is 4.99 Å². The summed E-state index contributed by atoms with van der Waals surface area (Å²) in [7, 11) is 0. The molecule has 0 aromatic heterocycles. The molecule has 0 atom stereocenters. The Morgan fingerprint density at radius 2 is 1.52 bits per heavy atom. The van der Waals surface area contributed by atoms with Gasteiger partial charge >= 0.3 is 6.18 Å². The lowest BCUT2D eigenvalue weighted by Crippen LogP contribution is -2.36. The average Bonchev–Trinajstić information content (AvgIpc) is 2.92. The van der Waals surface area contributed by atoms with Crippen LogP contribution < -0.4 is 11.5 Å². The third kappa shape index (κ3) is 6.15.